The van der Waals surface area contributed by atoms with Crippen molar-refractivity contribution in [3.05, 3.63) is 29.8 Å². The van der Waals surface area contributed by atoms with Crippen LogP contribution in [-0.2, 0) is 11.3 Å². The predicted molar refractivity (Wildman–Crippen MR) is 79.8 cm³/mol. The van der Waals surface area contributed by atoms with Crippen LogP contribution in [0.25, 0.3) is 0 Å². The fraction of sp³-hybridized carbons (Fsp3) is 0.500. The van der Waals surface area contributed by atoms with E-state index in [0.717, 1.165) is 5.56 Å². The number of carbonyl (C=O) groups excluding carboxylic acids is 1. The second-order valence-corrected chi connectivity index (χ2v) is 5.65. The highest BCUT2D eigenvalue weighted by Crippen LogP contribution is 2.16. The van der Waals surface area contributed by atoms with E-state index in [1.165, 1.54) is 0 Å². The Kier molecular flexibility index (Phi) is 6.04. The molecule has 0 radical (unpaired) electrons. The molecule has 0 fully saturated rings. The van der Waals surface area contributed by atoms with Crippen LogP contribution >= 0.6 is 0 Å². The minimum absolute atomic E-state index is 0.343. The molecule has 0 aliphatic carbocycles. The maximum absolute atomic E-state index is 11.6. The Morgan fingerprint density at radius 1 is 1.43 bits per heavy atom. The summed E-state index contributed by atoms with van der Waals surface area (Å²) in [6, 6.07) is 9.37. The average Bonchev–Trinajstić information content (AvgIpc) is 2.41. The molecule has 0 heterocycles. The van der Waals surface area contributed by atoms with Gasteiger partial charge in [0.05, 0.1) is 0 Å². The first kappa shape index (κ1) is 16.8. The molecule has 5 nitrogen and oxygen atoms in total. The lowest BCUT2D eigenvalue weighted by Gasteiger charge is -2.19. The molecule has 0 spiro atoms. The van der Waals surface area contributed by atoms with Gasteiger partial charge in [-0.05, 0) is 44.9 Å². The van der Waals surface area contributed by atoms with Gasteiger partial charge >= 0.3 is 6.09 Å². The van der Waals surface area contributed by atoms with Gasteiger partial charge in [0.15, 0.2) is 6.10 Å². The van der Waals surface area contributed by atoms with Crippen molar-refractivity contribution in [2.45, 2.75) is 52.4 Å². The summed E-state index contributed by atoms with van der Waals surface area (Å²) in [5.74, 6) is 0.617. The lowest BCUT2D eigenvalue weighted by atomic mass is 10.2. The van der Waals surface area contributed by atoms with E-state index in [2.05, 4.69) is 11.4 Å². The van der Waals surface area contributed by atoms with Crippen LogP contribution in [0.5, 0.6) is 5.75 Å². The molecule has 0 saturated heterocycles. The highest BCUT2D eigenvalue weighted by molar-refractivity contribution is 5.67. The number of alkyl carbamates (subject to hydrolysis) is 1. The zero-order valence-corrected chi connectivity index (χ0v) is 13.0. The Morgan fingerprint density at radius 3 is 2.71 bits per heavy atom. The third-order valence-corrected chi connectivity index (χ3v) is 2.53. The Balaban J connectivity index is 2.57. The molecule has 1 amide bonds. The number of hydrogen-bond acceptors (Lipinski definition) is 4. The van der Waals surface area contributed by atoms with Gasteiger partial charge in [-0.1, -0.05) is 19.1 Å². The van der Waals surface area contributed by atoms with E-state index in [-0.39, 0.29) is 0 Å². The largest absolute Gasteiger partial charge is 0.476 e. The Morgan fingerprint density at radius 2 is 2.14 bits per heavy atom. The van der Waals surface area contributed by atoms with Crippen LogP contribution in [0.3, 0.4) is 0 Å². The van der Waals surface area contributed by atoms with Gasteiger partial charge in [0, 0.05) is 6.54 Å². The number of hydrogen-bond donors (Lipinski definition) is 1. The number of rotatable bonds is 5. The van der Waals surface area contributed by atoms with Crippen LogP contribution in [0.2, 0.25) is 0 Å². The van der Waals surface area contributed by atoms with Crippen molar-refractivity contribution in [1.29, 1.82) is 5.26 Å². The van der Waals surface area contributed by atoms with E-state index < -0.39 is 17.8 Å². The van der Waals surface area contributed by atoms with E-state index in [9.17, 15) is 4.79 Å². The number of carbonyl (C=O) groups is 1. The van der Waals surface area contributed by atoms with Crippen molar-refractivity contribution < 1.29 is 14.3 Å². The van der Waals surface area contributed by atoms with Crippen molar-refractivity contribution in [3.63, 3.8) is 0 Å². The molecule has 1 aromatic carbocycles. The standard InChI is InChI=1S/C16H22N2O3/c1-5-13(10-17)20-14-8-6-7-12(9-14)11-18-15(19)21-16(2,3)4/h6-9,13H,5,11H2,1-4H3,(H,18,19). The van der Waals surface area contributed by atoms with Gasteiger partial charge in [0.2, 0.25) is 0 Å². The third-order valence-electron chi connectivity index (χ3n) is 2.53. The van der Waals surface area contributed by atoms with Crippen LogP contribution in [0.15, 0.2) is 24.3 Å². The van der Waals surface area contributed by atoms with Crippen molar-refractivity contribution >= 4 is 6.09 Å². The van der Waals surface area contributed by atoms with Crippen molar-refractivity contribution in [2.24, 2.45) is 0 Å². The second-order valence-electron chi connectivity index (χ2n) is 5.65. The van der Waals surface area contributed by atoms with Crippen LogP contribution in [0, 0.1) is 11.3 Å². The summed E-state index contributed by atoms with van der Waals surface area (Å²) in [7, 11) is 0. The van der Waals surface area contributed by atoms with E-state index in [4.69, 9.17) is 14.7 Å². The molecule has 0 aromatic heterocycles. The van der Waals surface area contributed by atoms with Gasteiger partial charge in [0.25, 0.3) is 0 Å². The first-order valence-corrected chi connectivity index (χ1v) is 6.96. The van der Waals surface area contributed by atoms with Crippen LogP contribution in [0.4, 0.5) is 4.79 Å². The summed E-state index contributed by atoms with van der Waals surface area (Å²) >= 11 is 0. The maximum atomic E-state index is 11.6. The van der Waals surface area contributed by atoms with Crippen LogP contribution < -0.4 is 10.1 Å². The molecule has 1 rings (SSSR count). The molecule has 1 aromatic rings. The molecule has 1 unspecified atom stereocenters. The lowest BCUT2D eigenvalue weighted by molar-refractivity contribution is 0.0523. The highest BCUT2D eigenvalue weighted by atomic mass is 16.6. The number of nitrogens with zero attached hydrogens (tertiary/aromatic N) is 1. The van der Waals surface area contributed by atoms with Crippen molar-refractivity contribution in [2.75, 3.05) is 0 Å². The third kappa shape index (κ3) is 6.66. The quantitative estimate of drug-likeness (QED) is 0.902. The minimum Gasteiger partial charge on any atom is -0.476 e. The molecule has 114 valence electrons. The summed E-state index contributed by atoms with van der Waals surface area (Å²) in [4.78, 5) is 11.6. The van der Waals surface area contributed by atoms with E-state index in [1.807, 2.05) is 39.8 Å². The Bertz CT molecular complexity index is 515. The SMILES string of the molecule is CCC(C#N)Oc1cccc(CNC(=O)OC(C)(C)C)c1. The zero-order valence-electron chi connectivity index (χ0n) is 13.0. The fourth-order valence-electron chi connectivity index (χ4n) is 1.58. The first-order valence-electron chi connectivity index (χ1n) is 6.96. The molecule has 21 heavy (non-hydrogen) atoms. The summed E-state index contributed by atoms with van der Waals surface area (Å²) in [5.41, 5.74) is 0.363. The van der Waals surface area contributed by atoms with Gasteiger partial charge in [-0.3, -0.25) is 0 Å². The molecule has 1 atom stereocenters. The smallest absolute Gasteiger partial charge is 0.407 e. The average molecular weight is 290 g/mol. The number of nitriles is 1. The maximum Gasteiger partial charge on any atom is 0.407 e. The molecule has 0 aliphatic heterocycles. The zero-order chi connectivity index (χ0) is 15.9. The van der Waals surface area contributed by atoms with Crippen LogP contribution in [-0.4, -0.2) is 17.8 Å². The number of nitrogens with one attached hydrogen (secondary N) is 1. The summed E-state index contributed by atoms with van der Waals surface area (Å²) in [6.07, 6.45) is -0.298. The molecular weight excluding hydrogens is 268 g/mol. The van der Waals surface area contributed by atoms with Gasteiger partial charge in [-0.25, -0.2) is 4.79 Å². The summed E-state index contributed by atoms with van der Waals surface area (Å²) < 4.78 is 10.7. The molecule has 5 heteroatoms. The van der Waals surface area contributed by atoms with Gasteiger partial charge in [-0.15, -0.1) is 0 Å². The molecule has 0 bridgehead atoms. The summed E-state index contributed by atoms with van der Waals surface area (Å²) in [6.45, 7) is 7.67. The van der Waals surface area contributed by atoms with E-state index >= 15 is 0 Å². The van der Waals surface area contributed by atoms with Gasteiger partial charge in [-0.2, -0.15) is 5.26 Å². The molecule has 0 aliphatic rings. The first-order chi connectivity index (χ1) is 9.84. The van der Waals surface area contributed by atoms with Crippen molar-refractivity contribution in [1.82, 2.24) is 5.32 Å². The number of benzene rings is 1. The minimum atomic E-state index is -0.518. The Labute approximate surface area is 125 Å². The lowest BCUT2D eigenvalue weighted by Crippen LogP contribution is -2.32. The topological polar surface area (TPSA) is 71.3 Å². The van der Waals surface area contributed by atoms with E-state index in [1.54, 1.807) is 12.1 Å². The number of ether oxygens (including phenoxy) is 2. The van der Waals surface area contributed by atoms with Gasteiger partial charge in [0.1, 0.15) is 17.4 Å². The summed E-state index contributed by atoms with van der Waals surface area (Å²) in [5, 5.41) is 11.6. The predicted octanol–water partition coefficient (Wildman–Crippen LogP) is 3.39. The van der Waals surface area contributed by atoms with Crippen molar-refractivity contribution in [3.8, 4) is 11.8 Å². The van der Waals surface area contributed by atoms with E-state index in [0.29, 0.717) is 18.7 Å². The monoisotopic (exact) mass is 290 g/mol. The Hall–Kier alpha value is -2.22. The fourth-order valence-corrected chi connectivity index (χ4v) is 1.58. The van der Waals surface area contributed by atoms with Crippen LogP contribution in [0.1, 0.15) is 39.7 Å². The normalized spacial score (nSPS) is 12.1. The highest BCUT2D eigenvalue weighted by Gasteiger charge is 2.15. The molecular formula is C16H22N2O3. The molecule has 1 N–H and O–H groups in total. The molecule has 0 saturated carbocycles. The second kappa shape index (κ2) is 7.53. The number of amides is 1. The van der Waals surface area contributed by atoms with Gasteiger partial charge < -0.3 is 14.8 Å².